The summed E-state index contributed by atoms with van der Waals surface area (Å²) in [6, 6.07) is 11.4. The SMILES string of the molecule is CC1CCC(Cn2c(N3CCCC3c3ccccc3)nc3nc(C4NOC(=O)N4)nc(N[C@H](C)C4CCC4)c32)CC1. The summed E-state index contributed by atoms with van der Waals surface area (Å²) in [4.78, 5) is 34.5. The zero-order valence-corrected chi connectivity index (χ0v) is 24.2. The number of rotatable bonds is 8. The molecule has 0 radical (unpaired) electrons. The Bertz CT molecular complexity index is 1380. The quantitative estimate of drug-likeness (QED) is 0.317. The molecule has 3 N–H and O–H groups in total. The summed E-state index contributed by atoms with van der Waals surface area (Å²) in [5, 5.41) is 6.55. The van der Waals surface area contributed by atoms with Gasteiger partial charge in [0.15, 0.2) is 23.5 Å². The first kappa shape index (κ1) is 26.5. The number of imidazole rings is 1. The number of benzene rings is 1. The van der Waals surface area contributed by atoms with E-state index in [1.165, 1.54) is 50.5 Å². The molecule has 2 saturated carbocycles. The lowest BCUT2D eigenvalue weighted by Gasteiger charge is -2.33. The molecule has 2 aromatic heterocycles. The zero-order chi connectivity index (χ0) is 27.9. The van der Waals surface area contributed by atoms with Crippen molar-refractivity contribution in [1.82, 2.24) is 30.3 Å². The maximum Gasteiger partial charge on any atom is 0.427 e. The van der Waals surface area contributed by atoms with Crippen LogP contribution < -0.4 is 21.0 Å². The second-order valence-electron chi connectivity index (χ2n) is 12.7. The fraction of sp³-hybridized carbons (Fsp3) is 0.613. The van der Waals surface area contributed by atoms with Crippen LogP contribution in [0.2, 0.25) is 0 Å². The van der Waals surface area contributed by atoms with Crippen LogP contribution in [0.25, 0.3) is 11.2 Å². The predicted molar refractivity (Wildman–Crippen MR) is 158 cm³/mol. The monoisotopic (exact) mass is 558 g/mol. The average molecular weight is 559 g/mol. The summed E-state index contributed by atoms with van der Waals surface area (Å²) in [5.41, 5.74) is 5.69. The van der Waals surface area contributed by atoms with E-state index in [-0.39, 0.29) is 12.1 Å². The van der Waals surface area contributed by atoms with Crippen LogP contribution in [0.1, 0.15) is 95.2 Å². The van der Waals surface area contributed by atoms with E-state index < -0.39 is 12.3 Å². The molecule has 2 saturated heterocycles. The number of carbonyl (C=O) groups is 1. The van der Waals surface area contributed by atoms with Crippen LogP contribution in [-0.4, -0.2) is 38.2 Å². The molecule has 3 aromatic rings. The van der Waals surface area contributed by atoms with Gasteiger partial charge in [0.05, 0.1) is 6.04 Å². The highest BCUT2D eigenvalue weighted by Gasteiger charge is 2.35. The van der Waals surface area contributed by atoms with Crippen molar-refractivity contribution in [2.24, 2.45) is 17.8 Å². The van der Waals surface area contributed by atoms with Gasteiger partial charge in [0.25, 0.3) is 0 Å². The highest BCUT2D eigenvalue weighted by Crippen LogP contribution is 2.40. The van der Waals surface area contributed by atoms with Crippen LogP contribution in [0, 0.1) is 17.8 Å². The molecule has 2 unspecified atom stereocenters. The molecule has 7 rings (SSSR count). The number of aromatic nitrogens is 4. The molecule has 2 aliphatic carbocycles. The van der Waals surface area contributed by atoms with E-state index in [0.29, 0.717) is 23.3 Å². The Hall–Kier alpha value is -3.40. The standard InChI is InChI=1S/C31H42N8O2/c1-19-13-15-21(16-14-19)18-39-25-26(32-20(2)22-10-6-11-22)33-28(29-36-31(40)41-37-29)34-27(25)35-30(39)38-17-7-12-24(38)23-8-4-3-5-9-23/h3-5,8-9,19-22,24,29,37H,6-7,10-18H2,1-2H3,(H,36,40)(H,32,33,34)/t19?,20-,21?,24?,29?/m1/s1. The van der Waals surface area contributed by atoms with Gasteiger partial charge in [-0.1, -0.05) is 56.5 Å². The number of carbonyl (C=O) groups excluding carboxylic acids is 1. The third-order valence-electron chi connectivity index (χ3n) is 9.88. The highest BCUT2D eigenvalue weighted by molar-refractivity contribution is 5.86. The van der Waals surface area contributed by atoms with Crippen LogP contribution in [0.15, 0.2) is 30.3 Å². The third kappa shape index (κ3) is 5.22. The van der Waals surface area contributed by atoms with Gasteiger partial charge in [-0.3, -0.25) is 5.32 Å². The van der Waals surface area contributed by atoms with Gasteiger partial charge in [0.2, 0.25) is 5.95 Å². The van der Waals surface area contributed by atoms with Crippen LogP contribution in [-0.2, 0) is 11.4 Å². The molecule has 4 aliphatic rings. The summed E-state index contributed by atoms with van der Waals surface area (Å²) in [6.45, 7) is 6.50. The topological polar surface area (TPSA) is 109 Å². The number of hydrogen-bond donors (Lipinski definition) is 3. The molecule has 218 valence electrons. The maximum absolute atomic E-state index is 11.8. The molecule has 0 spiro atoms. The molecule has 41 heavy (non-hydrogen) atoms. The molecular weight excluding hydrogens is 516 g/mol. The van der Waals surface area contributed by atoms with Crippen molar-refractivity contribution in [2.75, 3.05) is 16.8 Å². The molecule has 4 fully saturated rings. The first-order chi connectivity index (χ1) is 20.0. The Morgan fingerprint density at radius 3 is 2.54 bits per heavy atom. The van der Waals surface area contributed by atoms with Crippen LogP contribution in [0.3, 0.4) is 0 Å². The van der Waals surface area contributed by atoms with Crippen LogP contribution in [0.5, 0.6) is 0 Å². The lowest BCUT2D eigenvalue weighted by atomic mass is 9.80. The lowest BCUT2D eigenvalue weighted by Crippen LogP contribution is -2.32. The number of fused-ring (bicyclic) bond motifs is 1. The Labute approximate surface area is 241 Å². The highest BCUT2D eigenvalue weighted by atomic mass is 16.7. The third-order valence-corrected chi connectivity index (χ3v) is 9.88. The van der Waals surface area contributed by atoms with Gasteiger partial charge < -0.3 is 19.6 Å². The van der Waals surface area contributed by atoms with Crippen LogP contribution >= 0.6 is 0 Å². The summed E-state index contributed by atoms with van der Waals surface area (Å²) >= 11 is 0. The Morgan fingerprint density at radius 1 is 1.02 bits per heavy atom. The fourth-order valence-corrected chi connectivity index (χ4v) is 7.14. The van der Waals surface area contributed by atoms with Crippen molar-refractivity contribution in [2.45, 2.75) is 96.4 Å². The molecule has 4 heterocycles. The number of nitrogens with zero attached hydrogens (tertiary/aromatic N) is 5. The summed E-state index contributed by atoms with van der Waals surface area (Å²) in [5.74, 6) is 4.26. The van der Waals surface area contributed by atoms with Crippen molar-refractivity contribution in [3.05, 3.63) is 41.7 Å². The Kier molecular flexibility index (Phi) is 7.18. The lowest BCUT2D eigenvalue weighted by molar-refractivity contribution is 0.120. The summed E-state index contributed by atoms with van der Waals surface area (Å²) in [7, 11) is 0. The Balaban J connectivity index is 1.34. The summed E-state index contributed by atoms with van der Waals surface area (Å²) in [6.07, 6.45) is 9.86. The van der Waals surface area contributed by atoms with Gasteiger partial charge in [0.1, 0.15) is 5.52 Å². The van der Waals surface area contributed by atoms with E-state index >= 15 is 0 Å². The number of amides is 1. The number of hydroxylamine groups is 1. The van der Waals surface area contributed by atoms with E-state index in [9.17, 15) is 4.79 Å². The minimum absolute atomic E-state index is 0.278. The first-order valence-corrected chi connectivity index (χ1v) is 15.6. The van der Waals surface area contributed by atoms with Gasteiger partial charge in [0, 0.05) is 19.1 Å². The van der Waals surface area contributed by atoms with E-state index in [1.807, 2.05) is 0 Å². The molecule has 1 aromatic carbocycles. The molecule has 1 amide bonds. The predicted octanol–water partition coefficient (Wildman–Crippen LogP) is 5.84. The second kappa shape index (κ2) is 11.1. The van der Waals surface area contributed by atoms with E-state index in [2.05, 4.69) is 69.8 Å². The van der Waals surface area contributed by atoms with Gasteiger partial charge in [-0.05, 0) is 68.8 Å². The summed E-state index contributed by atoms with van der Waals surface area (Å²) < 4.78 is 2.42. The van der Waals surface area contributed by atoms with E-state index in [4.69, 9.17) is 19.8 Å². The fourth-order valence-electron chi connectivity index (χ4n) is 7.14. The van der Waals surface area contributed by atoms with Gasteiger partial charge in [-0.15, -0.1) is 5.48 Å². The van der Waals surface area contributed by atoms with Gasteiger partial charge >= 0.3 is 6.09 Å². The molecule has 2 aliphatic heterocycles. The number of hydrogen-bond acceptors (Lipinski definition) is 8. The molecule has 10 nitrogen and oxygen atoms in total. The van der Waals surface area contributed by atoms with Gasteiger partial charge in [-0.2, -0.15) is 4.98 Å². The molecule has 0 bridgehead atoms. The second-order valence-corrected chi connectivity index (χ2v) is 12.7. The van der Waals surface area contributed by atoms with Crippen LogP contribution in [0.4, 0.5) is 16.6 Å². The largest absolute Gasteiger partial charge is 0.427 e. The minimum atomic E-state index is -0.622. The smallest absolute Gasteiger partial charge is 0.365 e. The van der Waals surface area contributed by atoms with Crippen molar-refractivity contribution < 1.29 is 9.63 Å². The number of anilines is 2. The van der Waals surface area contributed by atoms with Crippen molar-refractivity contribution >= 4 is 29.0 Å². The minimum Gasteiger partial charge on any atom is -0.365 e. The van der Waals surface area contributed by atoms with E-state index in [1.54, 1.807) is 0 Å². The van der Waals surface area contributed by atoms with Crippen molar-refractivity contribution in [3.63, 3.8) is 0 Å². The normalized spacial score (nSPS) is 27.5. The molecule has 3 atom stereocenters. The Morgan fingerprint density at radius 2 is 1.83 bits per heavy atom. The van der Waals surface area contributed by atoms with Gasteiger partial charge in [-0.25, -0.2) is 14.8 Å². The van der Waals surface area contributed by atoms with Crippen molar-refractivity contribution in [3.8, 4) is 0 Å². The molecular formula is C31H42N8O2. The maximum atomic E-state index is 11.8. The van der Waals surface area contributed by atoms with E-state index in [0.717, 1.165) is 49.1 Å². The number of nitrogens with one attached hydrogen (secondary N) is 3. The molecule has 10 heteroatoms. The first-order valence-electron chi connectivity index (χ1n) is 15.6. The average Bonchev–Trinajstić information content (AvgIpc) is 3.68. The van der Waals surface area contributed by atoms with Crippen molar-refractivity contribution in [1.29, 1.82) is 0 Å². The zero-order valence-electron chi connectivity index (χ0n) is 24.2.